The van der Waals surface area contributed by atoms with Crippen LogP contribution < -0.4 is 10.5 Å². The van der Waals surface area contributed by atoms with Gasteiger partial charge in [0.05, 0.1) is 19.0 Å². The van der Waals surface area contributed by atoms with Crippen LogP contribution in [0.5, 0.6) is 5.75 Å². The summed E-state index contributed by atoms with van der Waals surface area (Å²) < 4.78 is 7.02. The van der Waals surface area contributed by atoms with E-state index in [0.29, 0.717) is 6.42 Å². The lowest BCUT2D eigenvalue weighted by Gasteiger charge is -2.07. The zero-order valence-electron chi connectivity index (χ0n) is 9.34. The van der Waals surface area contributed by atoms with Gasteiger partial charge in [-0.3, -0.25) is 9.67 Å². The minimum atomic E-state index is 0.666. The topological polar surface area (TPSA) is 66.0 Å². The molecule has 2 rings (SSSR count). The average molecular weight is 218 g/mol. The number of ether oxygens (including phenoxy) is 1. The van der Waals surface area contributed by atoms with Crippen molar-refractivity contribution in [1.29, 1.82) is 0 Å². The van der Waals surface area contributed by atoms with Crippen molar-refractivity contribution in [2.24, 2.45) is 7.05 Å². The fourth-order valence-electron chi connectivity index (χ4n) is 1.58. The number of methoxy groups -OCH3 is 1. The van der Waals surface area contributed by atoms with Gasteiger partial charge >= 0.3 is 0 Å². The van der Waals surface area contributed by atoms with Gasteiger partial charge in [0.25, 0.3) is 0 Å². The molecule has 0 aliphatic rings. The van der Waals surface area contributed by atoms with Crippen LogP contribution in [-0.4, -0.2) is 21.9 Å². The molecule has 0 aliphatic heterocycles. The van der Waals surface area contributed by atoms with Crippen molar-refractivity contribution >= 4 is 5.69 Å². The summed E-state index contributed by atoms with van der Waals surface area (Å²) in [4.78, 5) is 4.06. The highest BCUT2D eigenvalue weighted by molar-refractivity contribution is 5.47. The number of nitrogens with two attached hydrogens (primary N) is 1. The lowest BCUT2D eigenvalue weighted by Crippen LogP contribution is -2.03. The van der Waals surface area contributed by atoms with Gasteiger partial charge in [0.1, 0.15) is 0 Å². The highest BCUT2D eigenvalue weighted by atomic mass is 16.5. The van der Waals surface area contributed by atoms with Crippen LogP contribution in [0.15, 0.2) is 24.7 Å². The molecule has 0 aliphatic carbocycles. The predicted octanol–water partition coefficient (Wildman–Crippen LogP) is 0.997. The molecule has 2 aromatic rings. The summed E-state index contributed by atoms with van der Waals surface area (Å²) in [5.74, 6) is 0.769. The van der Waals surface area contributed by atoms with E-state index in [4.69, 9.17) is 10.5 Å². The lowest BCUT2D eigenvalue weighted by atomic mass is 10.1. The second-order valence-electron chi connectivity index (χ2n) is 3.53. The maximum absolute atomic E-state index is 5.87. The second kappa shape index (κ2) is 4.22. The van der Waals surface area contributed by atoms with Crippen LogP contribution in [0.2, 0.25) is 0 Å². The molecule has 0 fully saturated rings. The number of pyridine rings is 1. The zero-order valence-corrected chi connectivity index (χ0v) is 9.34. The molecule has 2 aromatic heterocycles. The highest BCUT2D eigenvalue weighted by Crippen LogP contribution is 2.22. The normalized spacial score (nSPS) is 10.4. The number of anilines is 1. The highest BCUT2D eigenvalue weighted by Gasteiger charge is 2.11. The van der Waals surface area contributed by atoms with Crippen LogP contribution in [0, 0.1) is 0 Å². The molecule has 0 spiro atoms. The maximum atomic E-state index is 5.87. The molecular weight excluding hydrogens is 204 g/mol. The van der Waals surface area contributed by atoms with Crippen molar-refractivity contribution < 1.29 is 4.74 Å². The SMILES string of the molecule is COc1cnn(C)c1Cc1cnccc1N. The van der Waals surface area contributed by atoms with Crippen molar-refractivity contribution in [3.8, 4) is 5.75 Å². The molecule has 2 N–H and O–H groups in total. The van der Waals surface area contributed by atoms with Crippen molar-refractivity contribution in [1.82, 2.24) is 14.8 Å². The van der Waals surface area contributed by atoms with Crippen LogP contribution >= 0.6 is 0 Å². The van der Waals surface area contributed by atoms with Crippen molar-refractivity contribution in [3.05, 3.63) is 35.9 Å². The summed E-state index contributed by atoms with van der Waals surface area (Å²) in [6.07, 6.45) is 5.81. The Balaban J connectivity index is 2.33. The van der Waals surface area contributed by atoms with E-state index in [0.717, 1.165) is 22.7 Å². The minimum Gasteiger partial charge on any atom is -0.493 e. The number of rotatable bonds is 3. The molecular formula is C11H14N4O. The molecule has 2 heterocycles. The van der Waals surface area contributed by atoms with E-state index in [2.05, 4.69) is 10.1 Å². The molecule has 0 amide bonds. The van der Waals surface area contributed by atoms with Crippen LogP contribution in [-0.2, 0) is 13.5 Å². The van der Waals surface area contributed by atoms with E-state index in [1.807, 2.05) is 7.05 Å². The summed E-state index contributed by atoms with van der Waals surface area (Å²) in [5, 5.41) is 4.14. The molecule has 5 nitrogen and oxygen atoms in total. The van der Waals surface area contributed by atoms with Gasteiger partial charge in [-0.05, 0) is 11.6 Å². The standard InChI is InChI=1S/C11H14N4O/c1-15-10(11(16-2)7-14-15)5-8-6-13-4-3-9(8)12/h3-4,6-7H,5H2,1-2H3,(H2,12,13). The molecule has 5 heteroatoms. The Morgan fingerprint density at radius 2 is 2.25 bits per heavy atom. The van der Waals surface area contributed by atoms with Gasteiger partial charge in [-0.1, -0.05) is 0 Å². The van der Waals surface area contributed by atoms with Crippen LogP contribution in [0.25, 0.3) is 0 Å². The second-order valence-corrected chi connectivity index (χ2v) is 3.53. The summed E-state index contributed by atoms with van der Waals surface area (Å²) in [7, 11) is 3.51. The third-order valence-corrected chi connectivity index (χ3v) is 2.54. The Kier molecular flexibility index (Phi) is 2.76. The monoisotopic (exact) mass is 218 g/mol. The maximum Gasteiger partial charge on any atom is 0.160 e. The van der Waals surface area contributed by atoms with Gasteiger partial charge in [0.2, 0.25) is 0 Å². The first-order valence-corrected chi connectivity index (χ1v) is 4.95. The quantitative estimate of drug-likeness (QED) is 0.834. The van der Waals surface area contributed by atoms with Crippen molar-refractivity contribution in [3.63, 3.8) is 0 Å². The fourth-order valence-corrected chi connectivity index (χ4v) is 1.58. The van der Waals surface area contributed by atoms with Gasteiger partial charge in [-0.25, -0.2) is 0 Å². The third kappa shape index (κ3) is 1.84. The summed E-state index contributed by atoms with van der Waals surface area (Å²) >= 11 is 0. The molecule has 16 heavy (non-hydrogen) atoms. The van der Waals surface area contributed by atoms with Crippen LogP contribution in [0.4, 0.5) is 5.69 Å². The number of nitrogen functional groups attached to an aromatic ring is 1. The number of aryl methyl sites for hydroxylation is 1. The van der Waals surface area contributed by atoms with Crippen molar-refractivity contribution in [2.75, 3.05) is 12.8 Å². The minimum absolute atomic E-state index is 0.666. The van der Waals surface area contributed by atoms with Gasteiger partial charge < -0.3 is 10.5 Å². The smallest absolute Gasteiger partial charge is 0.160 e. The average Bonchev–Trinajstić information content (AvgIpc) is 2.63. The molecule has 0 unspecified atom stereocenters. The molecule has 84 valence electrons. The molecule has 0 bridgehead atoms. The van der Waals surface area contributed by atoms with E-state index in [1.54, 1.807) is 36.4 Å². The summed E-state index contributed by atoms with van der Waals surface area (Å²) in [5.41, 5.74) is 8.57. The largest absolute Gasteiger partial charge is 0.493 e. The Bertz CT molecular complexity index is 492. The molecule has 0 atom stereocenters. The molecule has 0 saturated carbocycles. The molecule has 0 radical (unpaired) electrons. The Labute approximate surface area is 93.9 Å². The fraction of sp³-hybridized carbons (Fsp3) is 0.273. The zero-order chi connectivity index (χ0) is 11.5. The number of hydrogen-bond acceptors (Lipinski definition) is 4. The summed E-state index contributed by atoms with van der Waals surface area (Å²) in [6.45, 7) is 0. The Hall–Kier alpha value is -2.04. The number of hydrogen-bond donors (Lipinski definition) is 1. The van der Waals surface area contributed by atoms with Crippen molar-refractivity contribution in [2.45, 2.75) is 6.42 Å². The third-order valence-electron chi connectivity index (χ3n) is 2.54. The lowest BCUT2D eigenvalue weighted by molar-refractivity contribution is 0.409. The first kappa shape index (κ1) is 10.5. The van der Waals surface area contributed by atoms with Crippen LogP contribution in [0.3, 0.4) is 0 Å². The van der Waals surface area contributed by atoms with E-state index >= 15 is 0 Å². The van der Waals surface area contributed by atoms with Gasteiger partial charge in [0, 0.05) is 31.5 Å². The molecule has 0 aromatic carbocycles. The Morgan fingerprint density at radius 3 is 2.94 bits per heavy atom. The molecule has 0 saturated heterocycles. The predicted molar refractivity (Wildman–Crippen MR) is 61.2 cm³/mol. The van der Waals surface area contributed by atoms with Gasteiger partial charge in [-0.2, -0.15) is 5.10 Å². The van der Waals surface area contributed by atoms with E-state index in [-0.39, 0.29) is 0 Å². The van der Waals surface area contributed by atoms with Gasteiger partial charge in [-0.15, -0.1) is 0 Å². The number of aromatic nitrogens is 3. The summed E-state index contributed by atoms with van der Waals surface area (Å²) in [6, 6.07) is 1.79. The Morgan fingerprint density at radius 1 is 1.44 bits per heavy atom. The van der Waals surface area contributed by atoms with Gasteiger partial charge in [0.15, 0.2) is 5.75 Å². The number of nitrogens with zero attached hydrogens (tertiary/aromatic N) is 3. The van der Waals surface area contributed by atoms with E-state index in [1.165, 1.54) is 0 Å². The van der Waals surface area contributed by atoms with E-state index in [9.17, 15) is 0 Å². The van der Waals surface area contributed by atoms with E-state index < -0.39 is 0 Å². The first-order valence-electron chi connectivity index (χ1n) is 4.95. The van der Waals surface area contributed by atoms with Crippen LogP contribution in [0.1, 0.15) is 11.3 Å². The first-order chi connectivity index (χ1) is 7.72.